The van der Waals surface area contributed by atoms with Crippen LogP contribution in [0.3, 0.4) is 0 Å². The van der Waals surface area contributed by atoms with Crippen molar-refractivity contribution in [3.8, 4) is 0 Å². The second kappa shape index (κ2) is 5.28. The minimum absolute atomic E-state index is 0.119. The topological polar surface area (TPSA) is 44.8 Å². The highest BCUT2D eigenvalue weighted by molar-refractivity contribution is 5.81. The molecule has 0 spiro atoms. The number of esters is 1. The van der Waals surface area contributed by atoms with E-state index < -0.39 is 11.6 Å². The van der Waals surface area contributed by atoms with Crippen molar-refractivity contribution >= 4 is 5.97 Å². The van der Waals surface area contributed by atoms with Gasteiger partial charge in [-0.05, 0) is 34.6 Å². The first-order chi connectivity index (χ1) is 6.66. The van der Waals surface area contributed by atoms with Crippen molar-refractivity contribution in [3.05, 3.63) is 12.7 Å². The van der Waals surface area contributed by atoms with Gasteiger partial charge in [0.1, 0.15) is 12.2 Å². The summed E-state index contributed by atoms with van der Waals surface area (Å²) >= 11 is 0. The van der Waals surface area contributed by atoms with Crippen LogP contribution in [0.1, 0.15) is 34.6 Å². The summed E-state index contributed by atoms with van der Waals surface area (Å²) in [6, 6.07) is 0. The Bertz CT molecular complexity index is 225. The van der Waals surface area contributed by atoms with Gasteiger partial charge in [0.05, 0.1) is 5.60 Å². The van der Waals surface area contributed by atoms with Gasteiger partial charge in [-0.25, -0.2) is 14.6 Å². The van der Waals surface area contributed by atoms with Crippen molar-refractivity contribution in [2.45, 2.75) is 45.8 Å². The first-order valence-corrected chi connectivity index (χ1v) is 4.82. The number of hydrogen-bond donors (Lipinski definition) is 0. The van der Waals surface area contributed by atoms with Crippen LogP contribution in [0.5, 0.6) is 0 Å². The Morgan fingerprint density at radius 3 is 2.13 bits per heavy atom. The van der Waals surface area contributed by atoms with Crippen LogP contribution in [0.4, 0.5) is 0 Å². The predicted molar refractivity (Wildman–Crippen MR) is 57.2 cm³/mol. The summed E-state index contributed by atoms with van der Waals surface area (Å²) < 4.78 is 4.86. The first kappa shape index (κ1) is 14.1. The molecule has 0 aromatic rings. The molecule has 0 aliphatic heterocycles. The molecule has 0 fully saturated rings. The average Bonchev–Trinajstić information content (AvgIpc) is 2.10. The molecule has 0 radical (unpaired) electrons. The Hall–Kier alpha value is -0.870. The van der Waals surface area contributed by atoms with E-state index in [0.29, 0.717) is 0 Å². The van der Waals surface area contributed by atoms with Gasteiger partial charge in [-0.1, -0.05) is 6.58 Å². The molecule has 0 heterocycles. The standard InChI is InChI=1S/C11H20O4/c1-7-9(12)13-8-11(5,6)15-14-10(2,3)4/h7H,1,8H2,2-6H3. The van der Waals surface area contributed by atoms with E-state index in [4.69, 9.17) is 14.5 Å². The summed E-state index contributed by atoms with van der Waals surface area (Å²) in [6.07, 6.45) is 1.11. The van der Waals surface area contributed by atoms with Crippen LogP contribution < -0.4 is 0 Å². The highest BCUT2D eigenvalue weighted by atomic mass is 17.2. The molecule has 0 bridgehead atoms. The van der Waals surface area contributed by atoms with Crippen molar-refractivity contribution in [1.29, 1.82) is 0 Å². The Labute approximate surface area is 91.1 Å². The second-order valence-corrected chi connectivity index (χ2v) is 4.85. The molecule has 15 heavy (non-hydrogen) atoms. The van der Waals surface area contributed by atoms with Crippen molar-refractivity contribution < 1.29 is 19.3 Å². The first-order valence-electron chi connectivity index (χ1n) is 4.82. The molecular formula is C11H20O4. The maximum atomic E-state index is 10.8. The molecule has 0 saturated heterocycles. The fraction of sp³-hybridized carbons (Fsp3) is 0.727. The maximum Gasteiger partial charge on any atom is 0.330 e. The summed E-state index contributed by atoms with van der Waals surface area (Å²) in [5.74, 6) is -0.470. The van der Waals surface area contributed by atoms with E-state index in [1.165, 1.54) is 0 Å². The molecule has 0 aliphatic carbocycles. The van der Waals surface area contributed by atoms with Crippen LogP contribution in [-0.4, -0.2) is 23.8 Å². The summed E-state index contributed by atoms with van der Waals surface area (Å²) in [5, 5.41) is 0. The largest absolute Gasteiger partial charge is 0.459 e. The highest BCUT2D eigenvalue weighted by Crippen LogP contribution is 2.16. The van der Waals surface area contributed by atoms with E-state index in [-0.39, 0.29) is 12.2 Å². The van der Waals surface area contributed by atoms with Crippen LogP contribution in [0, 0.1) is 0 Å². The monoisotopic (exact) mass is 216 g/mol. The minimum Gasteiger partial charge on any atom is -0.459 e. The molecule has 0 rings (SSSR count). The smallest absolute Gasteiger partial charge is 0.330 e. The van der Waals surface area contributed by atoms with E-state index in [9.17, 15) is 4.79 Å². The fourth-order valence-corrected chi connectivity index (χ4v) is 0.566. The SMILES string of the molecule is C=CC(=O)OCC(C)(C)OOC(C)(C)C. The van der Waals surface area contributed by atoms with Gasteiger partial charge < -0.3 is 4.74 Å². The molecule has 0 aromatic carbocycles. The van der Waals surface area contributed by atoms with Crippen LogP contribution in [0.25, 0.3) is 0 Å². The number of carbonyl (C=O) groups excluding carboxylic acids is 1. The number of carbonyl (C=O) groups is 1. The molecular weight excluding hydrogens is 196 g/mol. The molecule has 0 amide bonds. The second-order valence-electron chi connectivity index (χ2n) is 4.85. The van der Waals surface area contributed by atoms with Crippen LogP contribution >= 0.6 is 0 Å². The molecule has 0 aliphatic rings. The van der Waals surface area contributed by atoms with E-state index in [0.717, 1.165) is 6.08 Å². The van der Waals surface area contributed by atoms with Crippen LogP contribution in [0.15, 0.2) is 12.7 Å². The van der Waals surface area contributed by atoms with Gasteiger partial charge in [0.25, 0.3) is 0 Å². The lowest BCUT2D eigenvalue weighted by Gasteiger charge is -2.27. The number of rotatable bonds is 5. The number of ether oxygens (including phenoxy) is 1. The van der Waals surface area contributed by atoms with Crippen LogP contribution in [-0.2, 0) is 19.3 Å². The lowest BCUT2D eigenvalue weighted by Crippen LogP contribution is -2.35. The Kier molecular flexibility index (Phi) is 4.97. The highest BCUT2D eigenvalue weighted by Gasteiger charge is 2.25. The van der Waals surface area contributed by atoms with Gasteiger partial charge in [0.15, 0.2) is 0 Å². The van der Waals surface area contributed by atoms with E-state index >= 15 is 0 Å². The zero-order chi connectivity index (χ0) is 12.1. The van der Waals surface area contributed by atoms with Crippen molar-refractivity contribution in [2.24, 2.45) is 0 Å². The summed E-state index contributed by atoms with van der Waals surface area (Å²) in [6.45, 7) is 12.6. The molecule has 0 N–H and O–H groups in total. The van der Waals surface area contributed by atoms with Gasteiger partial charge in [-0.15, -0.1) is 0 Å². The summed E-state index contributed by atoms with van der Waals surface area (Å²) in [7, 11) is 0. The van der Waals surface area contributed by atoms with Crippen LogP contribution in [0.2, 0.25) is 0 Å². The van der Waals surface area contributed by atoms with Gasteiger partial charge in [-0.3, -0.25) is 0 Å². The van der Waals surface area contributed by atoms with E-state index in [1.54, 1.807) is 13.8 Å². The molecule has 88 valence electrons. The molecule has 4 heteroatoms. The van der Waals surface area contributed by atoms with Gasteiger partial charge in [0, 0.05) is 6.08 Å². The lowest BCUT2D eigenvalue weighted by atomic mass is 10.1. The third-order valence-electron chi connectivity index (χ3n) is 1.25. The number of hydrogen-bond acceptors (Lipinski definition) is 4. The Balaban J connectivity index is 3.97. The Morgan fingerprint density at radius 1 is 1.20 bits per heavy atom. The third kappa shape index (κ3) is 8.15. The molecule has 0 unspecified atom stereocenters. The van der Waals surface area contributed by atoms with E-state index in [1.807, 2.05) is 20.8 Å². The molecule has 0 aromatic heterocycles. The summed E-state index contributed by atoms with van der Waals surface area (Å²) in [5.41, 5.74) is -1.06. The van der Waals surface area contributed by atoms with Gasteiger partial charge >= 0.3 is 5.97 Å². The van der Waals surface area contributed by atoms with Gasteiger partial charge in [-0.2, -0.15) is 0 Å². The Morgan fingerprint density at radius 2 is 1.73 bits per heavy atom. The van der Waals surface area contributed by atoms with Crippen molar-refractivity contribution in [3.63, 3.8) is 0 Å². The minimum atomic E-state index is -0.675. The summed E-state index contributed by atoms with van der Waals surface area (Å²) in [4.78, 5) is 21.1. The fourth-order valence-electron chi connectivity index (χ4n) is 0.566. The third-order valence-corrected chi connectivity index (χ3v) is 1.25. The van der Waals surface area contributed by atoms with Crippen molar-refractivity contribution in [2.75, 3.05) is 6.61 Å². The quantitative estimate of drug-likeness (QED) is 0.306. The normalized spacial score (nSPS) is 12.3. The zero-order valence-electron chi connectivity index (χ0n) is 10.1. The lowest BCUT2D eigenvalue weighted by molar-refractivity contribution is -0.400. The van der Waals surface area contributed by atoms with E-state index in [2.05, 4.69) is 6.58 Å². The zero-order valence-corrected chi connectivity index (χ0v) is 10.1. The molecule has 0 atom stereocenters. The molecule has 4 nitrogen and oxygen atoms in total. The molecule has 0 saturated carbocycles. The maximum absolute atomic E-state index is 10.8. The van der Waals surface area contributed by atoms with Gasteiger partial charge in [0.2, 0.25) is 0 Å². The average molecular weight is 216 g/mol. The van der Waals surface area contributed by atoms with Crippen molar-refractivity contribution in [1.82, 2.24) is 0 Å². The predicted octanol–water partition coefficient (Wildman–Crippen LogP) is 2.24.